The first kappa shape index (κ1) is 20.1. The van der Waals surface area contributed by atoms with Crippen LogP contribution in [0.4, 0.5) is 8.78 Å². The third-order valence-electron chi connectivity index (χ3n) is 3.80. The second-order valence-electron chi connectivity index (χ2n) is 5.75. The molecule has 0 aromatic heterocycles. The number of methoxy groups -OCH3 is 1. The molecule has 0 spiro atoms. The molecule has 6 nitrogen and oxygen atoms in total. The number of halogens is 2. The summed E-state index contributed by atoms with van der Waals surface area (Å²) in [5.74, 6) is 0.0103. The van der Waals surface area contributed by atoms with Crippen LogP contribution < -0.4 is 14.2 Å². The summed E-state index contributed by atoms with van der Waals surface area (Å²) in [6.07, 6.45) is 3.21. The molecule has 1 aliphatic rings. The van der Waals surface area contributed by atoms with E-state index in [1.54, 1.807) is 36.4 Å². The number of carbonyl (C=O) groups excluding carboxylic acids is 1. The van der Waals surface area contributed by atoms with Crippen LogP contribution in [0.1, 0.15) is 11.1 Å². The number of benzene rings is 2. The summed E-state index contributed by atoms with van der Waals surface area (Å²) in [7, 11) is 1.31. The number of hydrogen-bond donors (Lipinski definition) is 0. The zero-order valence-electron chi connectivity index (χ0n) is 15.4. The quantitative estimate of drug-likeness (QED) is 0.377. The van der Waals surface area contributed by atoms with Gasteiger partial charge in [0, 0.05) is 5.56 Å². The van der Waals surface area contributed by atoms with Gasteiger partial charge in [-0.3, -0.25) is 0 Å². The lowest BCUT2D eigenvalue weighted by molar-refractivity contribution is -0.129. The predicted molar refractivity (Wildman–Crippen MR) is 102 cm³/mol. The molecule has 0 saturated carbocycles. The van der Waals surface area contributed by atoms with Gasteiger partial charge < -0.3 is 18.9 Å². The molecule has 0 radical (unpaired) electrons. The molecule has 1 aliphatic heterocycles. The van der Waals surface area contributed by atoms with E-state index in [1.807, 2.05) is 0 Å². The number of alkyl halides is 2. The minimum absolute atomic E-state index is 0.0362. The van der Waals surface area contributed by atoms with Gasteiger partial charge in [-0.05, 0) is 42.0 Å². The number of hydrogen-bond acceptors (Lipinski definition) is 6. The van der Waals surface area contributed by atoms with Crippen molar-refractivity contribution < 1.29 is 32.5 Å². The molecule has 2 aromatic rings. The second kappa shape index (κ2) is 9.01. The topological polar surface area (TPSA) is 66.3 Å². The first-order chi connectivity index (χ1) is 14.0. The van der Waals surface area contributed by atoms with Gasteiger partial charge in [0.05, 0.1) is 7.11 Å². The lowest BCUT2D eigenvalue weighted by atomic mass is 10.2. The van der Waals surface area contributed by atoms with Gasteiger partial charge in [0.25, 0.3) is 0 Å². The van der Waals surface area contributed by atoms with Crippen molar-refractivity contribution in [3.63, 3.8) is 0 Å². The van der Waals surface area contributed by atoms with Crippen LogP contribution in [0.3, 0.4) is 0 Å². The Kier molecular flexibility index (Phi) is 6.23. The molecule has 0 aliphatic carbocycles. The van der Waals surface area contributed by atoms with Crippen LogP contribution in [0.2, 0.25) is 0 Å². The van der Waals surface area contributed by atoms with E-state index in [2.05, 4.69) is 16.3 Å². The standard InChI is InChI=1S/C21H17F2NO5/c1-3-10-27-15-7-4-13(5-8-15)11-16-20(25)29-19(24-16)14-6-9-17(28-21(22)23)18(12-14)26-2/h3-9,11-12,21H,1,10H2,2H3/b16-11+. The molecule has 0 atom stereocenters. The van der Waals surface area contributed by atoms with E-state index < -0.39 is 12.6 Å². The van der Waals surface area contributed by atoms with E-state index in [0.29, 0.717) is 17.9 Å². The summed E-state index contributed by atoms with van der Waals surface area (Å²) < 4.78 is 44.9. The molecule has 29 heavy (non-hydrogen) atoms. The summed E-state index contributed by atoms with van der Waals surface area (Å²) in [5, 5.41) is 0. The summed E-state index contributed by atoms with van der Waals surface area (Å²) in [6, 6.07) is 11.2. The average Bonchev–Trinajstić information content (AvgIpc) is 3.07. The van der Waals surface area contributed by atoms with Crippen molar-refractivity contribution in [2.75, 3.05) is 13.7 Å². The van der Waals surface area contributed by atoms with Crippen molar-refractivity contribution in [3.05, 3.63) is 71.9 Å². The van der Waals surface area contributed by atoms with Crippen molar-refractivity contribution in [2.45, 2.75) is 6.61 Å². The Hall–Kier alpha value is -3.68. The SMILES string of the molecule is C=CCOc1ccc(/C=C2/N=C(c3ccc(OC(F)F)c(OC)c3)OC2=O)cc1. The van der Waals surface area contributed by atoms with E-state index in [9.17, 15) is 13.6 Å². The number of rotatable bonds is 8. The first-order valence-electron chi connectivity index (χ1n) is 8.49. The van der Waals surface area contributed by atoms with Crippen molar-refractivity contribution in [2.24, 2.45) is 4.99 Å². The van der Waals surface area contributed by atoms with Crippen molar-refractivity contribution in [1.82, 2.24) is 0 Å². The monoisotopic (exact) mass is 401 g/mol. The Morgan fingerprint density at radius 3 is 2.59 bits per heavy atom. The maximum Gasteiger partial charge on any atom is 0.387 e. The van der Waals surface area contributed by atoms with Gasteiger partial charge in [-0.1, -0.05) is 24.8 Å². The van der Waals surface area contributed by atoms with Gasteiger partial charge in [0.2, 0.25) is 5.90 Å². The highest BCUT2D eigenvalue weighted by molar-refractivity contribution is 6.13. The van der Waals surface area contributed by atoms with Crippen LogP contribution in [-0.2, 0) is 9.53 Å². The summed E-state index contributed by atoms with van der Waals surface area (Å²) in [4.78, 5) is 16.3. The smallest absolute Gasteiger partial charge is 0.387 e. The molecule has 2 aromatic carbocycles. The van der Waals surface area contributed by atoms with Gasteiger partial charge in [0.1, 0.15) is 12.4 Å². The molecule has 3 rings (SSSR count). The Morgan fingerprint density at radius 2 is 1.93 bits per heavy atom. The van der Waals surface area contributed by atoms with E-state index in [1.165, 1.54) is 25.3 Å². The molecular weight excluding hydrogens is 384 g/mol. The number of nitrogens with zero attached hydrogens (tertiary/aromatic N) is 1. The van der Waals surface area contributed by atoms with Crippen LogP contribution >= 0.6 is 0 Å². The van der Waals surface area contributed by atoms with E-state index in [0.717, 1.165) is 5.56 Å². The predicted octanol–water partition coefficient (Wildman–Crippen LogP) is 4.21. The maximum absolute atomic E-state index is 12.4. The normalized spacial score (nSPS) is 14.6. The second-order valence-corrected chi connectivity index (χ2v) is 5.75. The highest BCUT2D eigenvalue weighted by atomic mass is 19.3. The van der Waals surface area contributed by atoms with E-state index >= 15 is 0 Å². The fourth-order valence-corrected chi connectivity index (χ4v) is 2.50. The van der Waals surface area contributed by atoms with Gasteiger partial charge in [0.15, 0.2) is 17.2 Å². The van der Waals surface area contributed by atoms with Crippen LogP contribution in [0, 0.1) is 0 Å². The molecule has 0 bridgehead atoms. The Morgan fingerprint density at radius 1 is 1.17 bits per heavy atom. The van der Waals surface area contributed by atoms with Crippen LogP contribution in [0.15, 0.2) is 65.8 Å². The number of carbonyl (C=O) groups is 1. The Bertz CT molecular complexity index is 968. The number of esters is 1. The number of aliphatic imine (C=N–C) groups is 1. The highest BCUT2D eigenvalue weighted by Gasteiger charge is 2.25. The molecule has 0 fully saturated rings. The first-order valence-corrected chi connectivity index (χ1v) is 8.49. The van der Waals surface area contributed by atoms with Crippen LogP contribution in [0.5, 0.6) is 17.2 Å². The fourth-order valence-electron chi connectivity index (χ4n) is 2.50. The zero-order chi connectivity index (χ0) is 20.8. The fraction of sp³-hybridized carbons (Fsp3) is 0.143. The lowest BCUT2D eigenvalue weighted by Crippen LogP contribution is -2.07. The molecule has 8 heteroatoms. The highest BCUT2D eigenvalue weighted by Crippen LogP contribution is 2.31. The van der Waals surface area contributed by atoms with Crippen LogP contribution in [0.25, 0.3) is 6.08 Å². The summed E-state index contributed by atoms with van der Waals surface area (Å²) >= 11 is 0. The molecular formula is C21H17F2NO5. The molecule has 0 amide bonds. The molecule has 0 saturated heterocycles. The number of ether oxygens (including phenoxy) is 4. The lowest BCUT2D eigenvalue weighted by Gasteiger charge is -2.10. The maximum atomic E-state index is 12.4. The average molecular weight is 401 g/mol. The van der Waals surface area contributed by atoms with Crippen molar-refractivity contribution >= 4 is 17.9 Å². The number of cyclic esters (lactones) is 1. The summed E-state index contributed by atoms with van der Waals surface area (Å²) in [5.41, 5.74) is 1.21. The molecule has 1 heterocycles. The van der Waals surface area contributed by atoms with Crippen molar-refractivity contribution in [1.29, 1.82) is 0 Å². The Labute approximate surface area is 165 Å². The van der Waals surface area contributed by atoms with Gasteiger partial charge in [-0.2, -0.15) is 8.78 Å². The Balaban J connectivity index is 1.82. The van der Waals surface area contributed by atoms with Crippen LogP contribution in [-0.4, -0.2) is 32.2 Å². The molecule has 0 unspecified atom stereocenters. The third-order valence-corrected chi connectivity index (χ3v) is 3.80. The van der Waals surface area contributed by atoms with Gasteiger partial charge in [-0.15, -0.1) is 0 Å². The molecule has 150 valence electrons. The minimum atomic E-state index is -2.99. The third kappa shape index (κ3) is 4.98. The largest absolute Gasteiger partial charge is 0.493 e. The minimum Gasteiger partial charge on any atom is -0.493 e. The van der Waals surface area contributed by atoms with Crippen molar-refractivity contribution in [3.8, 4) is 17.2 Å². The van der Waals surface area contributed by atoms with Gasteiger partial charge in [-0.25, -0.2) is 9.79 Å². The molecule has 0 N–H and O–H groups in total. The zero-order valence-corrected chi connectivity index (χ0v) is 15.4. The summed E-state index contributed by atoms with van der Waals surface area (Å²) in [6.45, 7) is 0.989. The van der Waals surface area contributed by atoms with E-state index in [4.69, 9.17) is 14.2 Å². The van der Waals surface area contributed by atoms with Gasteiger partial charge >= 0.3 is 12.6 Å². The van der Waals surface area contributed by atoms with E-state index in [-0.39, 0.29) is 23.1 Å².